The molecule has 1 N–H and O–H groups in total. The number of likely N-dealkylation sites (N-methyl/N-ethyl adjacent to an activating group) is 1. The van der Waals surface area contributed by atoms with E-state index in [1.807, 2.05) is 7.05 Å². The van der Waals surface area contributed by atoms with Crippen LogP contribution in [-0.2, 0) is 4.74 Å². The van der Waals surface area contributed by atoms with Crippen LogP contribution < -0.4 is 0 Å². The Morgan fingerprint density at radius 1 is 1.62 bits per heavy atom. The van der Waals surface area contributed by atoms with E-state index in [0.717, 1.165) is 19.4 Å². The van der Waals surface area contributed by atoms with Crippen molar-refractivity contribution in [2.75, 3.05) is 33.9 Å². The number of nitrogens with zero attached hydrogens (tertiary/aromatic N) is 1. The van der Waals surface area contributed by atoms with E-state index in [4.69, 9.17) is 11.2 Å². The average Bonchev–Trinajstić information content (AvgIpc) is 2.05. The molecule has 3 nitrogen and oxygen atoms in total. The normalized spacial score (nSPS) is 12.8. The predicted octanol–water partition coefficient (Wildman–Crippen LogP) is 0.339. The number of rotatable bonds is 7. The van der Waals surface area contributed by atoms with Crippen molar-refractivity contribution >= 4 is 0 Å². The molecule has 3 heteroatoms. The van der Waals surface area contributed by atoms with E-state index >= 15 is 0 Å². The molecular weight excluding hydrogens is 166 g/mol. The van der Waals surface area contributed by atoms with Gasteiger partial charge in [0.2, 0.25) is 0 Å². The molecule has 0 aliphatic heterocycles. The molecule has 0 aromatic carbocycles. The monoisotopic (exact) mass is 185 g/mol. The summed E-state index contributed by atoms with van der Waals surface area (Å²) in [5.74, 6) is 2.59. The van der Waals surface area contributed by atoms with E-state index in [0.29, 0.717) is 13.2 Å². The topological polar surface area (TPSA) is 32.7 Å². The van der Waals surface area contributed by atoms with Crippen molar-refractivity contribution in [3.8, 4) is 12.3 Å². The lowest BCUT2D eigenvalue weighted by atomic mass is 10.3. The van der Waals surface area contributed by atoms with Gasteiger partial charge in [-0.2, -0.15) is 0 Å². The third kappa shape index (κ3) is 7.79. The van der Waals surface area contributed by atoms with Crippen LogP contribution in [-0.4, -0.2) is 50.0 Å². The average molecular weight is 185 g/mol. The highest BCUT2D eigenvalue weighted by Crippen LogP contribution is 1.94. The van der Waals surface area contributed by atoms with Gasteiger partial charge in [-0.15, -0.1) is 12.3 Å². The Morgan fingerprint density at radius 2 is 2.31 bits per heavy atom. The predicted molar refractivity (Wildman–Crippen MR) is 53.4 cm³/mol. The molecule has 1 unspecified atom stereocenters. The summed E-state index contributed by atoms with van der Waals surface area (Å²) in [5.41, 5.74) is 0. The second-order valence-electron chi connectivity index (χ2n) is 3.18. The first kappa shape index (κ1) is 12.4. The molecule has 0 bridgehead atoms. The molecule has 0 fully saturated rings. The molecule has 76 valence electrons. The highest BCUT2D eigenvalue weighted by Gasteiger charge is 2.06. The molecule has 0 radical (unpaired) electrons. The third-order valence-corrected chi connectivity index (χ3v) is 1.74. The standard InChI is InChI=1S/C10H19NO2/c1-4-5-6-7-11(2)8-10(12)9-13-3/h1,10,12H,5-9H2,2-3H3. The number of aliphatic hydroxyl groups excluding tert-OH is 1. The minimum atomic E-state index is -0.402. The number of hydrogen-bond acceptors (Lipinski definition) is 3. The summed E-state index contributed by atoms with van der Waals surface area (Å²) < 4.78 is 4.82. The zero-order valence-corrected chi connectivity index (χ0v) is 8.49. The Hall–Kier alpha value is -0.560. The van der Waals surface area contributed by atoms with Gasteiger partial charge in [0.25, 0.3) is 0 Å². The maximum absolute atomic E-state index is 9.37. The summed E-state index contributed by atoms with van der Waals surface area (Å²) in [4.78, 5) is 2.06. The van der Waals surface area contributed by atoms with Crippen LogP contribution in [0.2, 0.25) is 0 Å². The van der Waals surface area contributed by atoms with Crippen LogP contribution in [0.25, 0.3) is 0 Å². The fourth-order valence-corrected chi connectivity index (χ4v) is 1.15. The molecule has 1 atom stereocenters. The fourth-order valence-electron chi connectivity index (χ4n) is 1.15. The van der Waals surface area contributed by atoms with E-state index in [2.05, 4.69) is 10.8 Å². The summed E-state index contributed by atoms with van der Waals surface area (Å²) >= 11 is 0. The molecule has 0 saturated carbocycles. The van der Waals surface area contributed by atoms with Crippen LogP contribution in [0, 0.1) is 12.3 Å². The zero-order valence-electron chi connectivity index (χ0n) is 8.49. The third-order valence-electron chi connectivity index (χ3n) is 1.74. The minimum Gasteiger partial charge on any atom is -0.389 e. The lowest BCUT2D eigenvalue weighted by molar-refractivity contribution is 0.0432. The van der Waals surface area contributed by atoms with Crippen LogP contribution in [0.1, 0.15) is 12.8 Å². The Kier molecular flexibility index (Phi) is 7.71. The molecule has 0 aromatic rings. The fraction of sp³-hybridized carbons (Fsp3) is 0.800. The highest BCUT2D eigenvalue weighted by molar-refractivity contribution is 4.83. The highest BCUT2D eigenvalue weighted by atomic mass is 16.5. The van der Waals surface area contributed by atoms with Crippen molar-refractivity contribution in [1.82, 2.24) is 4.90 Å². The lowest BCUT2D eigenvalue weighted by Gasteiger charge is -2.19. The Balaban J connectivity index is 3.38. The van der Waals surface area contributed by atoms with Crippen molar-refractivity contribution in [3.05, 3.63) is 0 Å². The van der Waals surface area contributed by atoms with Crippen molar-refractivity contribution in [2.24, 2.45) is 0 Å². The number of terminal acetylenes is 1. The minimum absolute atomic E-state index is 0.388. The largest absolute Gasteiger partial charge is 0.389 e. The van der Waals surface area contributed by atoms with Gasteiger partial charge in [0, 0.05) is 20.1 Å². The number of methoxy groups -OCH3 is 1. The molecule has 0 heterocycles. The van der Waals surface area contributed by atoms with Crippen LogP contribution in [0.15, 0.2) is 0 Å². The zero-order chi connectivity index (χ0) is 10.1. The molecule has 0 aromatic heterocycles. The molecule has 0 aliphatic carbocycles. The summed E-state index contributed by atoms with van der Waals surface area (Å²) in [7, 11) is 3.55. The van der Waals surface area contributed by atoms with Gasteiger partial charge in [-0.05, 0) is 20.0 Å². The van der Waals surface area contributed by atoms with Crippen LogP contribution in [0.4, 0.5) is 0 Å². The van der Waals surface area contributed by atoms with Gasteiger partial charge in [-0.25, -0.2) is 0 Å². The number of aliphatic hydroxyl groups is 1. The maximum Gasteiger partial charge on any atom is 0.0899 e. The van der Waals surface area contributed by atoms with Crippen LogP contribution in [0.3, 0.4) is 0 Å². The van der Waals surface area contributed by atoms with Crippen molar-refractivity contribution in [3.63, 3.8) is 0 Å². The summed E-state index contributed by atoms with van der Waals surface area (Å²) in [6.07, 6.45) is 6.50. The van der Waals surface area contributed by atoms with Gasteiger partial charge in [0.1, 0.15) is 0 Å². The number of unbranched alkanes of at least 4 members (excludes halogenated alkanes) is 1. The molecule has 0 spiro atoms. The van der Waals surface area contributed by atoms with Gasteiger partial charge in [0.15, 0.2) is 0 Å². The molecule has 0 amide bonds. The second-order valence-corrected chi connectivity index (χ2v) is 3.18. The van der Waals surface area contributed by atoms with Gasteiger partial charge < -0.3 is 14.7 Å². The van der Waals surface area contributed by atoms with E-state index in [1.165, 1.54) is 0 Å². The van der Waals surface area contributed by atoms with E-state index in [9.17, 15) is 5.11 Å². The van der Waals surface area contributed by atoms with E-state index in [-0.39, 0.29) is 0 Å². The molecular formula is C10H19NO2. The van der Waals surface area contributed by atoms with Crippen molar-refractivity contribution in [2.45, 2.75) is 18.9 Å². The van der Waals surface area contributed by atoms with Gasteiger partial charge in [0.05, 0.1) is 12.7 Å². The quantitative estimate of drug-likeness (QED) is 0.458. The van der Waals surface area contributed by atoms with Gasteiger partial charge in [-0.1, -0.05) is 0 Å². The summed E-state index contributed by atoms with van der Waals surface area (Å²) in [6.45, 7) is 1.95. The second kappa shape index (κ2) is 8.06. The first-order valence-electron chi connectivity index (χ1n) is 4.49. The molecule has 0 aliphatic rings. The lowest BCUT2D eigenvalue weighted by Crippen LogP contribution is -2.32. The summed E-state index contributed by atoms with van der Waals surface area (Å²) in [6, 6.07) is 0. The Labute approximate surface area is 80.7 Å². The van der Waals surface area contributed by atoms with Crippen LogP contribution >= 0.6 is 0 Å². The molecule has 0 rings (SSSR count). The van der Waals surface area contributed by atoms with Gasteiger partial charge >= 0.3 is 0 Å². The maximum atomic E-state index is 9.37. The Bertz CT molecular complexity index is 153. The van der Waals surface area contributed by atoms with Crippen LogP contribution in [0.5, 0.6) is 0 Å². The summed E-state index contributed by atoms with van der Waals surface area (Å²) in [5, 5.41) is 9.37. The van der Waals surface area contributed by atoms with Crippen molar-refractivity contribution < 1.29 is 9.84 Å². The Morgan fingerprint density at radius 3 is 2.85 bits per heavy atom. The van der Waals surface area contributed by atoms with Crippen molar-refractivity contribution in [1.29, 1.82) is 0 Å². The SMILES string of the molecule is C#CCCCN(C)CC(O)COC. The number of hydrogen-bond donors (Lipinski definition) is 1. The number of ether oxygens (including phenoxy) is 1. The van der Waals surface area contributed by atoms with Gasteiger partial charge in [-0.3, -0.25) is 0 Å². The first-order valence-corrected chi connectivity index (χ1v) is 4.49. The molecule has 13 heavy (non-hydrogen) atoms. The first-order chi connectivity index (χ1) is 6.20. The van der Waals surface area contributed by atoms with E-state index < -0.39 is 6.10 Å². The molecule has 0 saturated heterocycles. The smallest absolute Gasteiger partial charge is 0.0899 e. The van der Waals surface area contributed by atoms with E-state index in [1.54, 1.807) is 7.11 Å².